The summed E-state index contributed by atoms with van der Waals surface area (Å²) in [6, 6.07) is 0.374. The summed E-state index contributed by atoms with van der Waals surface area (Å²) in [5.74, 6) is 2.25. The monoisotopic (exact) mass is 171 g/mol. The van der Waals surface area contributed by atoms with Gasteiger partial charge in [0.1, 0.15) is 0 Å². The maximum Gasteiger partial charge on any atom is 0.243 e. The van der Waals surface area contributed by atoms with E-state index in [2.05, 4.69) is 11.9 Å². The number of hydrogen-bond acceptors (Lipinski definition) is 2. The van der Waals surface area contributed by atoms with Crippen LogP contribution in [0.2, 0.25) is 0 Å². The predicted molar refractivity (Wildman–Crippen MR) is 48.7 cm³/mol. The zero-order valence-corrected chi connectivity index (χ0v) is 7.32. The van der Waals surface area contributed by atoms with E-state index in [1.54, 1.807) is 0 Å². The Balaban J connectivity index is 2.24. The number of thioether (sulfide) groups is 1. The van der Waals surface area contributed by atoms with Crippen molar-refractivity contribution in [3.63, 3.8) is 0 Å². The van der Waals surface area contributed by atoms with Crippen molar-refractivity contribution in [2.24, 2.45) is 0 Å². The molecule has 1 fully saturated rings. The van der Waals surface area contributed by atoms with Crippen LogP contribution in [0.1, 0.15) is 12.8 Å². The van der Waals surface area contributed by atoms with Gasteiger partial charge in [-0.1, -0.05) is 6.58 Å². The molecule has 11 heavy (non-hydrogen) atoms. The molecule has 1 N–H and O–H groups in total. The Bertz CT molecular complexity index is 152. The quantitative estimate of drug-likeness (QED) is 0.632. The van der Waals surface area contributed by atoms with Crippen molar-refractivity contribution >= 4 is 17.7 Å². The van der Waals surface area contributed by atoms with E-state index < -0.39 is 0 Å². The minimum Gasteiger partial charge on any atom is -0.349 e. The summed E-state index contributed by atoms with van der Waals surface area (Å²) < 4.78 is 0. The lowest BCUT2D eigenvalue weighted by molar-refractivity contribution is -0.117. The Morgan fingerprint density at radius 3 is 3.09 bits per heavy atom. The third-order valence-electron chi connectivity index (χ3n) is 1.69. The summed E-state index contributed by atoms with van der Waals surface area (Å²) in [6.45, 7) is 3.41. The van der Waals surface area contributed by atoms with E-state index in [0.717, 1.165) is 12.2 Å². The molecule has 1 amide bonds. The first-order valence-electron chi connectivity index (χ1n) is 3.83. The molecule has 0 bridgehead atoms. The molecule has 1 heterocycles. The molecule has 0 aromatic heterocycles. The van der Waals surface area contributed by atoms with Crippen LogP contribution in [0, 0.1) is 0 Å². The van der Waals surface area contributed by atoms with Gasteiger partial charge in [0, 0.05) is 11.8 Å². The lowest BCUT2D eigenvalue weighted by Gasteiger charge is -2.21. The van der Waals surface area contributed by atoms with Crippen molar-refractivity contribution in [1.29, 1.82) is 0 Å². The molecule has 3 heteroatoms. The van der Waals surface area contributed by atoms with Crippen LogP contribution < -0.4 is 5.32 Å². The minimum absolute atomic E-state index is 0.0440. The van der Waals surface area contributed by atoms with Gasteiger partial charge in [-0.2, -0.15) is 11.8 Å². The molecule has 0 aromatic rings. The number of hydrogen-bond donors (Lipinski definition) is 1. The molecule has 1 aliphatic rings. The SMILES string of the molecule is C=CC(=O)NC1CCCSC1. The van der Waals surface area contributed by atoms with Crippen molar-refractivity contribution < 1.29 is 4.79 Å². The molecule has 62 valence electrons. The standard InChI is InChI=1S/C8H13NOS/c1-2-8(10)9-7-4-3-5-11-6-7/h2,7H,1,3-6H2,(H,9,10). The average Bonchev–Trinajstić information content (AvgIpc) is 2.06. The van der Waals surface area contributed by atoms with E-state index >= 15 is 0 Å². The van der Waals surface area contributed by atoms with Gasteiger partial charge in [0.15, 0.2) is 0 Å². The highest BCUT2D eigenvalue weighted by molar-refractivity contribution is 7.99. The molecule has 1 atom stereocenters. The fourth-order valence-electron chi connectivity index (χ4n) is 1.11. The summed E-state index contributed by atoms with van der Waals surface area (Å²) in [6.07, 6.45) is 3.67. The van der Waals surface area contributed by atoms with Gasteiger partial charge in [0.25, 0.3) is 0 Å². The summed E-state index contributed by atoms with van der Waals surface area (Å²) in [4.78, 5) is 10.8. The second-order valence-corrected chi connectivity index (χ2v) is 3.78. The van der Waals surface area contributed by atoms with Gasteiger partial charge in [0.2, 0.25) is 5.91 Å². The van der Waals surface area contributed by atoms with Gasteiger partial charge in [-0.25, -0.2) is 0 Å². The molecule has 0 aliphatic carbocycles. The fraction of sp³-hybridized carbons (Fsp3) is 0.625. The van der Waals surface area contributed by atoms with Crippen molar-refractivity contribution in [1.82, 2.24) is 5.32 Å². The molecule has 1 rings (SSSR count). The Labute approximate surface area is 71.4 Å². The van der Waals surface area contributed by atoms with Gasteiger partial charge < -0.3 is 5.32 Å². The Morgan fingerprint density at radius 2 is 2.55 bits per heavy atom. The molecule has 0 aromatic carbocycles. The van der Waals surface area contributed by atoms with Crippen LogP contribution in [0.15, 0.2) is 12.7 Å². The van der Waals surface area contributed by atoms with Crippen molar-refractivity contribution in [2.45, 2.75) is 18.9 Å². The molecule has 0 radical (unpaired) electrons. The van der Waals surface area contributed by atoms with Crippen LogP contribution in [0.5, 0.6) is 0 Å². The molecule has 1 saturated heterocycles. The fourth-order valence-corrected chi connectivity index (χ4v) is 2.19. The molecule has 2 nitrogen and oxygen atoms in total. The van der Waals surface area contributed by atoms with Crippen LogP contribution in [0.25, 0.3) is 0 Å². The van der Waals surface area contributed by atoms with E-state index in [1.807, 2.05) is 11.8 Å². The van der Waals surface area contributed by atoms with E-state index in [1.165, 1.54) is 18.2 Å². The van der Waals surface area contributed by atoms with Crippen molar-refractivity contribution in [3.05, 3.63) is 12.7 Å². The highest BCUT2D eigenvalue weighted by atomic mass is 32.2. The third-order valence-corrected chi connectivity index (χ3v) is 2.91. The van der Waals surface area contributed by atoms with E-state index in [0.29, 0.717) is 6.04 Å². The Hall–Kier alpha value is -0.440. The summed E-state index contributed by atoms with van der Waals surface area (Å²) in [5, 5.41) is 2.89. The summed E-state index contributed by atoms with van der Waals surface area (Å²) in [7, 11) is 0. The highest BCUT2D eigenvalue weighted by Gasteiger charge is 2.13. The topological polar surface area (TPSA) is 29.1 Å². The number of nitrogens with one attached hydrogen (secondary N) is 1. The molecule has 1 unspecified atom stereocenters. The first-order valence-corrected chi connectivity index (χ1v) is 4.99. The minimum atomic E-state index is -0.0440. The normalized spacial score (nSPS) is 24.2. The van der Waals surface area contributed by atoms with Crippen LogP contribution >= 0.6 is 11.8 Å². The molecule has 1 aliphatic heterocycles. The lowest BCUT2D eigenvalue weighted by Crippen LogP contribution is -2.37. The van der Waals surface area contributed by atoms with Gasteiger partial charge in [-0.3, -0.25) is 4.79 Å². The smallest absolute Gasteiger partial charge is 0.243 e. The van der Waals surface area contributed by atoms with Gasteiger partial charge in [-0.15, -0.1) is 0 Å². The first kappa shape index (κ1) is 8.65. The zero-order chi connectivity index (χ0) is 8.10. The van der Waals surface area contributed by atoms with Crippen LogP contribution in [0.3, 0.4) is 0 Å². The average molecular weight is 171 g/mol. The second-order valence-electron chi connectivity index (χ2n) is 2.63. The first-order chi connectivity index (χ1) is 5.33. The van der Waals surface area contributed by atoms with E-state index in [4.69, 9.17) is 0 Å². The second kappa shape index (κ2) is 4.44. The number of rotatable bonds is 2. The number of carbonyl (C=O) groups is 1. The van der Waals surface area contributed by atoms with Crippen LogP contribution in [-0.4, -0.2) is 23.5 Å². The maximum atomic E-state index is 10.8. The van der Waals surface area contributed by atoms with Gasteiger partial charge in [-0.05, 0) is 24.7 Å². The largest absolute Gasteiger partial charge is 0.349 e. The molecule has 0 saturated carbocycles. The maximum absolute atomic E-state index is 10.8. The Kier molecular flexibility index (Phi) is 3.49. The summed E-state index contributed by atoms with van der Waals surface area (Å²) >= 11 is 1.91. The van der Waals surface area contributed by atoms with Crippen molar-refractivity contribution in [2.75, 3.05) is 11.5 Å². The molecular formula is C8H13NOS. The number of amides is 1. The van der Waals surface area contributed by atoms with E-state index in [-0.39, 0.29) is 5.91 Å². The van der Waals surface area contributed by atoms with E-state index in [9.17, 15) is 4.79 Å². The van der Waals surface area contributed by atoms with Crippen LogP contribution in [-0.2, 0) is 4.79 Å². The lowest BCUT2D eigenvalue weighted by atomic mass is 10.2. The van der Waals surface area contributed by atoms with Crippen molar-refractivity contribution in [3.8, 4) is 0 Å². The predicted octanol–water partition coefficient (Wildman–Crippen LogP) is 1.18. The van der Waals surface area contributed by atoms with Crippen LogP contribution in [0.4, 0.5) is 0 Å². The number of carbonyl (C=O) groups excluding carboxylic acids is 1. The van der Waals surface area contributed by atoms with Gasteiger partial charge in [0.05, 0.1) is 0 Å². The molecule has 0 spiro atoms. The third kappa shape index (κ3) is 2.97. The van der Waals surface area contributed by atoms with Gasteiger partial charge >= 0.3 is 0 Å². The zero-order valence-electron chi connectivity index (χ0n) is 6.51. The molecular weight excluding hydrogens is 158 g/mol. The highest BCUT2D eigenvalue weighted by Crippen LogP contribution is 2.16. The summed E-state index contributed by atoms with van der Waals surface area (Å²) in [5.41, 5.74) is 0. The Morgan fingerprint density at radius 1 is 1.73 bits per heavy atom.